The second-order valence-corrected chi connectivity index (χ2v) is 9.02. The average Bonchev–Trinajstić information content (AvgIpc) is 3.01. The lowest BCUT2D eigenvalue weighted by Crippen LogP contribution is -2.49. The van der Waals surface area contributed by atoms with Crippen LogP contribution in [0.4, 0.5) is 0 Å². The van der Waals surface area contributed by atoms with Crippen molar-refractivity contribution in [1.82, 2.24) is 0 Å². The second-order valence-electron chi connectivity index (χ2n) is 9.02. The SMILES string of the molecule is COc1ccc(CC2c3cc(OC)c(OC)cc3CCC[N+]2(C)CCCOC(=O)/C=C\C=O)cc1. The molecule has 0 amide bonds. The number of methoxy groups -OCH3 is 3. The molecule has 1 aliphatic rings. The highest BCUT2D eigenvalue weighted by Gasteiger charge is 2.38. The maximum Gasteiger partial charge on any atom is 0.330 e. The normalized spacial score (nSPS) is 19.5. The second kappa shape index (κ2) is 12.4. The van der Waals surface area contributed by atoms with Crippen molar-refractivity contribution in [3.05, 3.63) is 65.2 Å². The van der Waals surface area contributed by atoms with Gasteiger partial charge in [0.05, 0.1) is 48.1 Å². The molecular weight excluding hydrogens is 446 g/mol. The van der Waals surface area contributed by atoms with Gasteiger partial charge in [0.2, 0.25) is 0 Å². The average molecular weight is 483 g/mol. The first kappa shape index (κ1) is 26.3. The number of allylic oxidation sites excluding steroid dienone is 1. The van der Waals surface area contributed by atoms with Gasteiger partial charge in [0.1, 0.15) is 18.1 Å². The molecule has 0 aromatic heterocycles. The molecule has 0 bridgehead atoms. The molecular formula is C28H36NO6+. The highest BCUT2D eigenvalue weighted by atomic mass is 16.5. The number of nitrogens with zero attached hydrogens (tertiary/aromatic N) is 1. The third-order valence-electron chi connectivity index (χ3n) is 6.83. The van der Waals surface area contributed by atoms with Crippen LogP contribution in [0.25, 0.3) is 0 Å². The van der Waals surface area contributed by atoms with Crippen LogP contribution >= 0.6 is 0 Å². The van der Waals surface area contributed by atoms with E-state index in [1.54, 1.807) is 21.3 Å². The van der Waals surface area contributed by atoms with E-state index < -0.39 is 5.97 Å². The summed E-state index contributed by atoms with van der Waals surface area (Å²) in [6, 6.07) is 12.7. The van der Waals surface area contributed by atoms with Gasteiger partial charge in [0, 0.05) is 30.9 Å². The number of carbonyl (C=O) groups is 2. The van der Waals surface area contributed by atoms with Gasteiger partial charge in [-0.2, -0.15) is 0 Å². The fraction of sp³-hybridized carbons (Fsp3) is 0.429. The molecule has 0 fully saturated rings. The van der Waals surface area contributed by atoms with Crippen LogP contribution in [-0.2, 0) is 27.2 Å². The Morgan fingerprint density at radius 3 is 2.43 bits per heavy atom. The van der Waals surface area contributed by atoms with Crippen molar-refractivity contribution in [2.45, 2.75) is 31.7 Å². The number of hydrogen-bond acceptors (Lipinski definition) is 6. The first-order valence-corrected chi connectivity index (χ1v) is 11.9. The minimum absolute atomic E-state index is 0.186. The summed E-state index contributed by atoms with van der Waals surface area (Å²) in [5, 5.41) is 0. The molecule has 0 N–H and O–H groups in total. The molecule has 2 atom stereocenters. The van der Waals surface area contributed by atoms with Gasteiger partial charge >= 0.3 is 5.97 Å². The quantitative estimate of drug-likeness (QED) is 0.158. The van der Waals surface area contributed by atoms with Crippen molar-refractivity contribution >= 4 is 12.3 Å². The summed E-state index contributed by atoms with van der Waals surface area (Å²) in [5.41, 5.74) is 3.78. The van der Waals surface area contributed by atoms with Crippen molar-refractivity contribution < 1.29 is 33.0 Å². The molecule has 35 heavy (non-hydrogen) atoms. The number of esters is 1. The fourth-order valence-electron chi connectivity index (χ4n) is 4.93. The third kappa shape index (κ3) is 6.63. The molecule has 0 aliphatic carbocycles. The molecule has 3 rings (SSSR count). The predicted molar refractivity (Wildman–Crippen MR) is 134 cm³/mol. The molecule has 0 spiro atoms. The topological polar surface area (TPSA) is 71.1 Å². The van der Waals surface area contributed by atoms with E-state index in [9.17, 15) is 9.59 Å². The number of rotatable bonds is 11. The first-order chi connectivity index (χ1) is 16.9. The van der Waals surface area contributed by atoms with Crippen LogP contribution in [0.15, 0.2) is 48.6 Å². The molecule has 2 aromatic rings. The summed E-state index contributed by atoms with van der Waals surface area (Å²) < 4.78 is 22.7. The number of hydrogen-bond donors (Lipinski definition) is 0. The van der Waals surface area contributed by atoms with Gasteiger partial charge in [-0.05, 0) is 47.9 Å². The Bertz CT molecular complexity index is 1030. The maximum atomic E-state index is 11.7. The van der Waals surface area contributed by atoms with Gasteiger partial charge in [0.15, 0.2) is 11.5 Å². The first-order valence-electron chi connectivity index (χ1n) is 11.9. The Hall–Kier alpha value is -3.32. The van der Waals surface area contributed by atoms with Gasteiger partial charge < -0.3 is 23.4 Å². The molecule has 1 heterocycles. The fourth-order valence-corrected chi connectivity index (χ4v) is 4.93. The minimum atomic E-state index is -0.493. The lowest BCUT2D eigenvalue weighted by molar-refractivity contribution is -0.939. The van der Waals surface area contributed by atoms with Gasteiger partial charge in [-0.3, -0.25) is 4.79 Å². The number of carbonyl (C=O) groups excluding carboxylic acids is 2. The Balaban J connectivity index is 1.90. The Morgan fingerprint density at radius 2 is 1.77 bits per heavy atom. The van der Waals surface area contributed by atoms with Crippen molar-refractivity contribution in [2.24, 2.45) is 0 Å². The van der Waals surface area contributed by atoms with Crippen molar-refractivity contribution in [2.75, 3.05) is 48.1 Å². The zero-order valence-corrected chi connectivity index (χ0v) is 21.1. The summed E-state index contributed by atoms with van der Waals surface area (Å²) in [5.74, 6) is 1.83. The summed E-state index contributed by atoms with van der Waals surface area (Å²) >= 11 is 0. The molecule has 7 nitrogen and oxygen atoms in total. The maximum absolute atomic E-state index is 11.7. The van der Waals surface area contributed by atoms with Crippen LogP contribution < -0.4 is 14.2 Å². The lowest BCUT2D eigenvalue weighted by Gasteiger charge is -2.41. The number of benzene rings is 2. The largest absolute Gasteiger partial charge is 0.497 e. The predicted octanol–water partition coefficient (Wildman–Crippen LogP) is 4.08. The third-order valence-corrected chi connectivity index (χ3v) is 6.83. The monoisotopic (exact) mass is 482 g/mol. The van der Waals surface area contributed by atoms with E-state index in [2.05, 4.69) is 31.3 Å². The summed E-state index contributed by atoms with van der Waals surface area (Å²) in [4.78, 5) is 22.1. The molecule has 2 unspecified atom stereocenters. The minimum Gasteiger partial charge on any atom is -0.497 e. The highest BCUT2D eigenvalue weighted by molar-refractivity contribution is 5.86. The summed E-state index contributed by atoms with van der Waals surface area (Å²) in [6.07, 6.45) is 6.44. The Morgan fingerprint density at radius 1 is 1.06 bits per heavy atom. The van der Waals surface area contributed by atoms with Crippen LogP contribution in [0.2, 0.25) is 0 Å². The molecule has 1 aliphatic heterocycles. The molecule has 0 radical (unpaired) electrons. The van der Waals surface area contributed by atoms with Crippen LogP contribution in [0.3, 0.4) is 0 Å². The van der Waals surface area contributed by atoms with Crippen molar-refractivity contribution in [1.29, 1.82) is 0 Å². The highest BCUT2D eigenvalue weighted by Crippen LogP contribution is 2.41. The van der Waals surface area contributed by atoms with E-state index in [1.807, 2.05) is 12.1 Å². The Labute approximate surface area is 207 Å². The number of likely N-dealkylation sites (N-methyl/N-ethyl adjacent to an activating group) is 1. The van der Waals surface area contributed by atoms with Gasteiger partial charge in [0.25, 0.3) is 0 Å². The smallest absolute Gasteiger partial charge is 0.330 e. The standard InChI is InChI=1S/C28H36NO6/c1-29(15-7-17-35-28(31)9-6-16-30)14-5-8-22-19-26(33-3)27(34-4)20-24(22)25(29)18-21-10-12-23(32-2)13-11-21/h6,9-13,16,19-20,25H,5,7-8,14-15,17-18H2,1-4H3/q+1/b9-6-. The zero-order chi connectivity index (χ0) is 25.3. The molecule has 2 aromatic carbocycles. The van der Waals surface area contributed by atoms with Crippen LogP contribution in [0.1, 0.15) is 35.6 Å². The zero-order valence-electron chi connectivity index (χ0n) is 21.1. The van der Waals surface area contributed by atoms with Crippen LogP contribution in [-0.4, -0.2) is 64.8 Å². The van der Waals surface area contributed by atoms with Crippen LogP contribution in [0.5, 0.6) is 17.2 Å². The van der Waals surface area contributed by atoms with Gasteiger partial charge in [-0.25, -0.2) is 4.79 Å². The molecule has 0 saturated carbocycles. The number of fused-ring (bicyclic) bond motifs is 1. The van der Waals surface area contributed by atoms with Crippen molar-refractivity contribution in [3.63, 3.8) is 0 Å². The van der Waals surface area contributed by atoms with E-state index in [0.717, 1.165) is 72.7 Å². The van der Waals surface area contributed by atoms with Gasteiger partial charge in [-0.15, -0.1) is 0 Å². The Kier molecular flexibility index (Phi) is 9.32. The van der Waals surface area contributed by atoms with Crippen molar-refractivity contribution in [3.8, 4) is 17.2 Å². The molecule has 188 valence electrons. The van der Waals surface area contributed by atoms with E-state index in [4.69, 9.17) is 18.9 Å². The number of aryl methyl sites for hydroxylation is 1. The molecule has 0 saturated heterocycles. The van der Waals surface area contributed by atoms with Gasteiger partial charge in [-0.1, -0.05) is 12.1 Å². The number of ether oxygens (including phenoxy) is 4. The number of aldehydes is 1. The molecule has 7 heteroatoms. The van der Waals surface area contributed by atoms with E-state index in [0.29, 0.717) is 12.9 Å². The summed E-state index contributed by atoms with van der Waals surface area (Å²) in [6.45, 7) is 2.16. The van der Waals surface area contributed by atoms with Crippen LogP contribution in [0, 0.1) is 0 Å². The lowest BCUT2D eigenvalue weighted by atomic mass is 9.91. The van der Waals surface area contributed by atoms with E-state index in [1.165, 1.54) is 16.7 Å². The summed E-state index contributed by atoms with van der Waals surface area (Å²) in [7, 11) is 7.29. The van der Waals surface area contributed by atoms with E-state index in [-0.39, 0.29) is 6.04 Å². The number of quaternary nitrogens is 1. The van der Waals surface area contributed by atoms with E-state index >= 15 is 0 Å².